The molecule has 0 bridgehead atoms. The molecule has 3 rings (SSSR count). The fourth-order valence-corrected chi connectivity index (χ4v) is 2.66. The van der Waals surface area contributed by atoms with Crippen molar-refractivity contribution in [3.63, 3.8) is 0 Å². The van der Waals surface area contributed by atoms with Crippen LogP contribution < -0.4 is 10.6 Å². The number of hydrogen-bond acceptors (Lipinski definition) is 3. The van der Waals surface area contributed by atoms with Crippen molar-refractivity contribution in [2.24, 2.45) is 5.92 Å². The molecule has 120 valence electrons. The van der Waals surface area contributed by atoms with Gasteiger partial charge in [0.1, 0.15) is 5.82 Å². The van der Waals surface area contributed by atoms with Gasteiger partial charge in [0.2, 0.25) is 5.91 Å². The summed E-state index contributed by atoms with van der Waals surface area (Å²) in [5.74, 6) is 0.896. The van der Waals surface area contributed by atoms with E-state index in [-0.39, 0.29) is 11.8 Å². The summed E-state index contributed by atoms with van der Waals surface area (Å²) in [7, 11) is 0. The summed E-state index contributed by atoms with van der Waals surface area (Å²) in [5, 5.41) is 6.35. The molecular weight excluding hydrogens is 286 g/mol. The zero-order valence-corrected chi connectivity index (χ0v) is 13.7. The molecule has 2 N–H and O–H groups in total. The molecule has 0 radical (unpaired) electrons. The van der Waals surface area contributed by atoms with Crippen molar-refractivity contribution in [2.45, 2.75) is 39.5 Å². The third kappa shape index (κ3) is 3.70. The lowest BCUT2D eigenvalue weighted by atomic mass is 10.0. The molecule has 1 aromatic carbocycles. The summed E-state index contributed by atoms with van der Waals surface area (Å²) in [4.78, 5) is 16.1. The van der Waals surface area contributed by atoms with E-state index in [0.29, 0.717) is 5.82 Å². The molecule has 23 heavy (non-hydrogen) atoms. The molecule has 1 aliphatic rings. The van der Waals surface area contributed by atoms with Crippen molar-refractivity contribution in [1.82, 2.24) is 4.98 Å². The van der Waals surface area contributed by atoms with Crippen molar-refractivity contribution in [2.75, 3.05) is 10.6 Å². The van der Waals surface area contributed by atoms with E-state index in [1.54, 1.807) is 6.20 Å². The van der Waals surface area contributed by atoms with E-state index in [1.165, 1.54) is 16.8 Å². The highest BCUT2D eigenvalue weighted by atomic mass is 16.2. The third-order valence-corrected chi connectivity index (χ3v) is 4.23. The topological polar surface area (TPSA) is 54.0 Å². The lowest BCUT2D eigenvalue weighted by Crippen LogP contribution is -2.14. The van der Waals surface area contributed by atoms with Gasteiger partial charge >= 0.3 is 0 Å². The maximum Gasteiger partial charge on any atom is 0.228 e. The van der Waals surface area contributed by atoms with Gasteiger partial charge in [-0.15, -0.1) is 0 Å². The average molecular weight is 309 g/mol. The number of carbonyl (C=O) groups is 1. The molecule has 1 fully saturated rings. The molecule has 4 heteroatoms. The van der Waals surface area contributed by atoms with Crippen LogP contribution in [-0.4, -0.2) is 10.9 Å². The first-order valence-electron chi connectivity index (χ1n) is 8.36. The second-order valence-electron chi connectivity index (χ2n) is 5.98. The van der Waals surface area contributed by atoms with Crippen LogP contribution in [0.15, 0.2) is 36.5 Å². The normalized spacial score (nSPS) is 13.7. The van der Waals surface area contributed by atoms with Gasteiger partial charge in [0.05, 0.1) is 11.9 Å². The molecule has 1 aromatic heterocycles. The highest BCUT2D eigenvalue weighted by Crippen LogP contribution is 2.30. The fraction of sp³-hybridized carbons (Fsp3) is 0.368. The molecule has 1 amide bonds. The van der Waals surface area contributed by atoms with Crippen molar-refractivity contribution in [3.05, 3.63) is 47.7 Å². The first kappa shape index (κ1) is 15.5. The Morgan fingerprint density at radius 2 is 1.83 bits per heavy atom. The van der Waals surface area contributed by atoms with E-state index in [0.717, 1.165) is 31.4 Å². The van der Waals surface area contributed by atoms with Crippen LogP contribution in [-0.2, 0) is 17.6 Å². The van der Waals surface area contributed by atoms with Crippen molar-refractivity contribution in [1.29, 1.82) is 0 Å². The summed E-state index contributed by atoms with van der Waals surface area (Å²) in [6.45, 7) is 4.32. The standard InChI is InChI=1S/C19H23N3O/c1-3-13-6-5-7-14(4-2)18(13)21-16-10-11-17(20-12-16)22-19(23)15-8-9-15/h5-7,10-12,15,21H,3-4,8-9H2,1-2H3,(H,20,22,23). The SMILES string of the molecule is CCc1cccc(CC)c1Nc1ccc(NC(=O)C2CC2)nc1. The first-order valence-corrected chi connectivity index (χ1v) is 8.36. The van der Waals surface area contributed by atoms with E-state index < -0.39 is 0 Å². The first-order chi connectivity index (χ1) is 11.2. The second-order valence-corrected chi connectivity index (χ2v) is 5.98. The van der Waals surface area contributed by atoms with Gasteiger partial charge in [-0.3, -0.25) is 4.79 Å². The molecule has 4 nitrogen and oxygen atoms in total. The van der Waals surface area contributed by atoms with Crippen LogP contribution in [0.25, 0.3) is 0 Å². The van der Waals surface area contributed by atoms with Gasteiger partial charge in [-0.1, -0.05) is 32.0 Å². The van der Waals surface area contributed by atoms with Gasteiger partial charge < -0.3 is 10.6 Å². The van der Waals surface area contributed by atoms with Gasteiger partial charge in [0.15, 0.2) is 0 Å². The number of nitrogens with zero attached hydrogens (tertiary/aromatic N) is 1. The smallest absolute Gasteiger partial charge is 0.228 e. The monoisotopic (exact) mass is 309 g/mol. The van der Waals surface area contributed by atoms with E-state index >= 15 is 0 Å². The van der Waals surface area contributed by atoms with Crippen LogP contribution in [0.2, 0.25) is 0 Å². The lowest BCUT2D eigenvalue weighted by Gasteiger charge is -2.15. The number of anilines is 3. The number of pyridine rings is 1. The summed E-state index contributed by atoms with van der Waals surface area (Å²) in [6, 6.07) is 10.2. The predicted molar refractivity (Wildman–Crippen MR) is 94.1 cm³/mol. The van der Waals surface area contributed by atoms with E-state index in [2.05, 4.69) is 47.7 Å². The molecule has 0 unspecified atom stereocenters. The Balaban J connectivity index is 1.74. The van der Waals surface area contributed by atoms with Gasteiger partial charge in [0.25, 0.3) is 0 Å². The Labute approximate surface area is 137 Å². The summed E-state index contributed by atoms with van der Waals surface area (Å²) < 4.78 is 0. The summed E-state index contributed by atoms with van der Waals surface area (Å²) >= 11 is 0. The Morgan fingerprint density at radius 3 is 2.35 bits per heavy atom. The zero-order chi connectivity index (χ0) is 16.2. The number of nitrogens with one attached hydrogen (secondary N) is 2. The molecule has 2 aromatic rings. The maximum atomic E-state index is 11.8. The Kier molecular flexibility index (Phi) is 4.60. The number of para-hydroxylation sites is 1. The highest BCUT2D eigenvalue weighted by Gasteiger charge is 2.29. The van der Waals surface area contributed by atoms with Crippen LogP contribution in [0.3, 0.4) is 0 Å². The number of rotatable bonds is 6. The number of aryl methyl sites for hydroxylation is 2. The van der Waals surface area contributed by atoms with Crippen molar-refractivity contribution in [3.8, 4) is 0 Å². The van der Waals surface area contributed by atoms with Gasteiger partial charge in [-0.25, -0.2) is 4.98 Å². The fourth-order valence-electron chi connectivity index (χ4n) is 2.66. The molecule has 0 atom stereocenters. The molecule has 1 aliphatic carbocycles. The van der Waals surface area contributed by atoms with E-state index in [1.807, 2.05) is 12.1 Å². The van der Waals surface area contributed by atoms with Crippen LogP contribution in [0.4, 0.5) is 17.2 Å². The van der Waals surface area contributed by atoms with E-state index in [4.69, 9.17) is 0 Å². The van der Waals surface area contributed by atoms with Crippen molar-refractivity contribution >= 4 is 23.1 Å². The van der Waals surface area contributed by atoms with E-state index in [9.17, 15) is 4.79 Å². The number of benzene rings is 1. The highest BCUT2D eigenvalue weighted by molar-refractivity contribution is 5.93. The Morgan fingerprint density at radius 1 is 1.13 bits per heavy atom. The molecular formula is C19H23N3O. The molecule has 0 saturated heterocycles. The molecule has 1 saturated carbocycles. The molecule has 0 spiro atoms. The number of aromatic nitrogens is 1. The number of hydrogen-bond donors (Lipinski definition) is 2. The minimum atomic E-state index is 0.0859. The lowest BCUT2D eigenvalue weighted by molar-refractivity contribution is -0.117. The summed E-state index contributed by atoms with van der Waals surface area (Å²) in [5.41, 5.74) is 4.71. The van der Waals surface area contributed by atoms with Gasteiger partial charge in [-0.2, -0.15) is 0 Å². The minimum absolute atomic E-state index is 0.0859. The largest absolute Gasteiger partial charge is 0.354 e. The Hall–Kier alpha value is -2.36. The van der Waals surface area contributed by atoms with Crippen LogP contribution >= 0.6 is 0 Å². The number of amides is 1. The predicted octanol–water partition coefficient (Wildman–Crippen LogP) is 4.30. The maximum absolute atomic E-state index is 11.8. The third-order valence-electron chi connectivity index (χ3n) is 4.23. The van der Waals surface area contributed by atoms with Crippen LogP contribution in [0.1, 0.15) is 37.8 Å². The minimum Gasteiger partial charge on any atom is -0.354 e. The molecule has 1 heterocycles. The van der Waals surface area contributed by atoms with Crippen molar-refractivity contribution < 1.29 is 4.79 Å². The van der Waals surface area contributed by atoms with Crippen LogP contribution in [0, 0.1) is 5.92 Å². The Bertz CT molecular complexity index is 668. The average Bonchev–Trinajstić information content (AvgIpc) is 3.42. The molecule has 0 aliphatic heterocycles. The summed E-state index contributed by atoms with van der Waals surface area (Å²) in [6.07, 6.45) is 5.74. The quantitative estimate of drug-likeness (QED) is 0.836. The zero-order valence-electron chi connectivity index (χ0n) is 13.7. The van der Waals surface area contributed by atoms with Gasteiger partial charge in [-0.05, 0) is 48.9 Å². The second kappa shape index (κ2) is 6.82. The van der Waals surface area contributed by atoms with Gasteiger partial charge in [0, 0.05) is 11.6 Å². The van der Waals surface area contributed by atoms with Crippen LogP contribution in [0.5, 0.6) is 0 Å². The number of carbonyl (C=O) groups excluding carboxylic acids is 1.